The number of nitrogens with two attached hydrogens (primary N) is 1. The number of nitrogens with zero attached hydrogens (tertiary/aromatic N) is 4. The van der Waals surface area contributed by atoms with Crippen molar-refractivity contribution in [2.45, 2.75) is 12.5 Å². The number of benzene rings is 2. The van der Waals surface area contributed by atoms with Crippen molar-refractivity contribution in [3.05, 3.63) is 48.5 Å². The zero-order chi connectivity index (χ0) is 21.1. The summed E-state index contributed by atoms with van der Waals surface area (Å²) in [5, 5.41) is 8.71. The topological polar surface area (TPSA) is 107 Å². The number of amides is 1. The monoisotopic (exact) mass is 422 g/mol. The van der Waals surface area contributed by atoms with Crippen LogP contribution < -0.4 is 15.8 Å². The molecule has 0 aliphatic heterocycles. The first kappa shape index (κ1) is 20.0. The van der Waals surface area contributed by atoms with Gasteiger partial charge < -0.3 is 15.8 Å². The van der Waals surface area contributed by atoms with Crippen LogP contribution in [0.3, 0.4) is 0 Å². The molecule has 0 aliphatic carbocycles. The number of primary amides is 1. The Balaban J connectivity index is 1.86. The minimum atomic E-state index is -0.557. The first-order valence-electron chi connectivity index (χ1n) is 9.45. The third-order valence-electron chi connectivity index (χ3n) is 4.76. The molecule has 0 bridgehead atoms. The van der Waals surface area contributed by atoms with Crippen LogP contribution in [0.5, 0.6) is 5.75 Å². The lowest BCUT2D eigenvalue weighted by atomic mass is 10.2. The number of thioether (sulfide) groups is 1. The normalized spacial score (nSPS) is 12.2. The highest BCUT2D eigenvalue weighted by atomic mass is 32.2. The zero-order valence-corrected chi connectivity index (χ0v) is 17.5. The summed E-state index contributed by atoms with van der Waals surface area (Å²) < 4.78 is 6.95. The summed E-state index contributed by atoms with van der Waals surface area (Å²) in [6.45, 7) is 0. The summed E-state index contributed by atoms with van der Waals surface area (Å²) in [4.78, 5) is 21.4. The minimum absolute atomic E-state index is 0.426. The van der Waals surface area contributed by atoms with Crippen LogP contribution in [0.2, 0.25) is 0 Å². The molecular weight excluding hydrogens is 400 g/mol. The molecule has 2 heterocycles. The molecular formula is C21H22N6O2S. The quantitative estimate of drug-likeness (QED) is 0.449. The molecule has 0 radical (unpaired) electrons. The first-order chi connectivity index (χ1) is 14.6. The van der Waals surface area contributed by atoms with E-state index in [-0.39, 0.29) is 0 Å². The standard InChI is InChI=1S/C21H22N6O2S/c1-29-14-7-5-6-13(12-14)19-25-20-15-8-3-4-9-16(15)23-21(27(20)26-19)24-17(18(22)28)10-11-30-2/h3-9,12,17H,10-11H2,1-2H3,(H2,22,28)(H,23,24)/t17-/m1/s1. The van der Waals surface area contributed by atoms with Crippen molar-refractivity contribution in [3.8, 4) is 17.1 Å². The summed E-state index contributed by atoms with van der Waals surface area (Å²) in [5.74, 6) is 2.05. The number of methoxy groups -OCH3 is 1. The Morgan fingerprint density at radius 3 is 2.83 bits per heavy atom. The summed E-state index contributed by atoms with van der Waals surface area (Å²) in [7, 11) is 1.62. The van der Waals surface area contributed by atoms with Crippen molar-refractivity contribution < 1.29 is 9.53 Å². The lowest BCUT2D eigenvalue weighted by Gasteiger charge is -2.16. The average Bonchev–Trinajstić information content (AvgIpc) is 3.22. The average molecular weight is 423 g/mol. The van der Waals surface area contributed by atoms with Gasteiger partial charge in [0.2, 0.25) is 11.9 Å². The second-order valence-corrected chi connectivity index (χ2v) is 7.72. The first-order valence-corrected chi connectivity index (χ1v) is 10.8. The Labute approximate surface area is 177 Å². The maximum atomic E-state index is 12.0. The van der Waals surface area contributed by atoms with Gasteiger partial charge in [-0.15, -0.1) is 5.10 Å². The number of hydrogen-bond acceptors (Lipinski definition) is 7. The molecule has 9 heteroatoms. The molecule has 4 aromatic rings. The molecule has 8 nitrogen and oxygen atoms in total. The van der Waals surface area contributed by atoms with E-state index >= 15 is 0 Å². The van der Waals surface area contributed by atoms with E-state index in [9.17, 15) is 4.79 Å². The van der Waals surface area contributed by atoms with Gasteiger partial charge in [-0.3, -0.25) is 4.79 Å². The van der Waals surface area contributed by atoms with Gasteiger partial charge >= 0.3 is 0 Å². The van der Waals surface area contributed by atoms with Gasteiger partial charge in [-0.25, -0.2) is 9.97 Å². The van der Waals surface area contributed by atoms with E-state index in [0.29, 0.717) is 23.8 Å². The maximum Gasteiger partial charge on any atom is 0.240 e. The molecule has 2 aromatic carbocycles. The van der Waals surface area contributed by atoms with Gasteiger partial charge in [0.15, 0.2) is 11.5 Å². The van der Waals surface area contributed by atoms with Gasteiger partial charge in [0.1, 0.15) is 11.8 Å². The third-order valence-corrected chi connectivity index (χ3v) is 5.41. The Bertz CT molecular complexity index is 1210. The fourth-order valence-corrected chi connectivity index (χ4v) is 3.68. The number of anilines is 1. The van der Waals surface area contributed by atoms with Crippen LogP contribution in [-0.4, -0.2) is 50.6 Å². The molecule has 0 fully saturated rings. The molecule has 0 saturated heterocycles. The minimum Gasteiger partial charge on any atom is -0.497 e. The number of carbonyl (C=O) groups excluding carboxylic acids is 1. The van der Waals surface area contributed by atoms with Gasteiger partial charge in [0.25, 0.3) is 0 Å². The molecule has 30 heavy (non-hydrogen) atoms. The van der Waals surface area contributed by atoms with E-state index in [4.69, 9.17) is 15.5 Å². The second-order valence-electron chi connectivity index (χ2n) is 6.74. The lowest BCUT2D eigenvalue weighted by molar-refractivity contribution is -0.118. The van der Waals surface area contributed by atoms with Crippen LogP contribution in [-0.2, 0) is 4.79 Å². The smallest absolute Gasteiger partial charge is 0.240 e. The number of para-hydroxylation sites is 1. The fraction of sp³-hybridized carbons (Fsp3) is 0.238. The highest BCUT2D eigenvalue weighted by Gasteiger charge is 2.20. The molecule has 4 rings (SSSR count). The number of aromatic nitrogens is 4. The Hall–Kier alpha value is -3.33. The van der Waals surface area contributed by atoms with Crippen LogP contribution in [0.25, 0.3) is 27.9 Å². The number of hydrogen-bond donors (Lipinski definition) is 2. The van der Waals surface area contributed by atoms with Crippen LogP contribution in [0.15, 0.2) is 48.5 Å². The molecule has 0 unspecified atom stereocenters. The molecule has 0 spiro atoms. The number of fused-ring (bicyclic) bond motifs is 3. The predicted octanol–water partition coefficient (Wildman–Crippen LogP) is 2.97. The van der Waals surface area contributed by atoms with Crippen molar-refractivity contribution in [2.24, 2.45) is 5.73 Å². The van der Waals surface area contributed by atoms with E-state index in [1.54, 1.807) is 23.4 Å². The molecule has 0 aliphatic rings. The van der Waals surface area contributed by atoms with E-state index in [1.807, 2.05) is 54.8 Å². The Kier molecular flexibility index (Phi) is 5.71. The highest BCUT2D eigenvalue weighted by molar-refractivity contribution is 7.98. The lowest BCUT2D eigenvalue weighted by Crippen LogP contribution is -2.36. The van der Waals surface area contributed by atoms with Gasteiger partial charge in [0.05, 0.1) is 12.6 Å². The molecule has 154 valence electrons. The van der Waals surface area contributed by atoms with Crippen LogP contribution in [0, 0.1) is 0 Å². The summed E-state index contributed by atoms with van der Waals surface area (Å²) in [6, 6.07) is 14.7. The van der Waals surface area contributed by atoms with Crippen LogP contribution in [0.1, 0.15) is 6.42 Å². The van der Waals surface area contributed by atoms with Crippen molar-refractivity contribution in [1.82, 2.24) is 19.6 Å². The third kappa shape index (κ3) is 3.88. The molecule has 0 saturated carbocycles. The largest absolute Gasteiger partial charge is 0.497 e. The van der Waals surface area contributed by atoms with Crippen molar-refractivity contribution in [3.63, 3.8) is 0 Å². The summed E-state index contributed by atoms with van der Waals surface area (Å²) >= 11 is 1.65. The number of nitrogens with one attached hydrogen (secondary N) is 1. The highest BCUT2D eigenvalue weighted by Crippen LogP contribution is 2.26. The Morgan fingerprint density at radius 1 is 1.23 bits per heavy atom. The number of carbonyl (C=O) groups is 1. The number of ether oxygens (including phenoxy) is 1. The molecule has 1 amide bonds. The van der Waals surface area contributed by atoms with E-state index in [1.165, 1.54) is 0 Å². The van der Waals surface area contributed by atoms with Gasteiger partial charge in [0, 0.05) is 10.9 Å². The molecule has 3 N–H and O–H groups in total. The van der Waals surface area contributed by atoms with Crippen molar-refractivity contribution in [2.75, 3.05) is 24.4 Å². The summed E-state index contributed by atoms with van der Waals surface area (Å²) in [6.07, 6.45) is 2.58. The zero-order valence-electron chi connectivity index (χ0n) is 16.7. The van der Waals surface area contributed by atoms with Crippen molar-refractivity contribution in [1.29, 1.82) is 0 Å². The maximum absolute atomic E-state index is 12.0. The molecule has 1 atom stereocenters. The van der Waals surface area contributed by atoms with Gasteiger partial charge in [-0.05, 0) is 42.7 Å². The van der Waals surface area contributed by atoms with E-state index in [0.717, 1.165) is 28.0 Å². The van der Waals surface area contributed by atoms with E-state index < -0.39 is 11.9 Å². The SMILES string of the molecule is COc1cccc(-c2nc3c4ccccc4nc(N[C@H](CCSC)C(N)=O)n3n2)c1. The summed E-state index contributed by atoms with van der Waals surface area (Å²) in [5.41, 5.74) is 7.84. The fourth-order valence-electron chi connectivity index (χ4n) is 3.21. The van der Waals surface area contributed by atoms with E-state index in [2.05, 4.69) is 15.4 Å². The van der Waals surface area contributed by atoms with Crippen molar-refractivity contribution >= 4 is 40.2 Å². The Morgan fingerprint density at radius 2 is 2.07 bits per heavy atom. The molecule has 2 aromatic heterocycles. The van der Waals surface area contributed by atoms with Gasteiger partial charge in [-0.2, -0.15) is 16.3 Å². The van der Waals surface area contributed by atoms with Crippen LogP contribution in [0.4, 0.5) is 5.95 Å². The number of rotatable bonds is 8. The predicted molar refractivity (Wildman–Crippen MR) is 120 cm³/mol. The second kappa shape index (κ2) is 8.58. The van der Waals surface area contributed by atoms with Gasteiger partial charge in [-0.1, -0.05) is 24.3 Å². The van der Waals surface area contributed by atoms with Crippen LogP contribution >= 0.6 is 11.8 Å².